The van der Waals surface area contributed by atoms with E-state index >= 15 is 0 Å². The second kappa shape index (κ2) is 6.26. The Hall–Kier alpha value is -1.75. The number of rotatable bonds is 4. The summed E-state index contributed by atoms with van der Waals surface area (Å²) in [4.78, 5) is 13.6. The van der Waals surface area contributed by atoms with Crippen molar-refractivity contribution in [3.63, 3.8) is 0 Å². The van der Waals surface area contributed by atoms with Crippen LogP contribution in [0.25, 0.3) is 0 Å². The van der Waals surface area contributed by atoms with E-state index in [2.05, 4.69) is 5.16 Å². The summed E-state index contributed by atoms with van der Waals surface area (Å²) in [7, 11) is 1.66. The number of halogens is 1. The number of amides is 1. The summed E-state index contributed by atoms with van der Waals surface area (Å²) in [6, 6.07) is 6.65. The largest absolute Gasteiger partial charge is 0.409 e. The quantitative estimate of drug-likeness (QED) is 0.379. The Morgan fingerprint density at radius 3 is 2.56 bits per heavy atom. The third kappa shape index (κ3) is 3.63. The van der Waals surface area contributed by atoms with E-state index in [1.165, 1.54) is 4.90 Å². The van der Waals surface area contributed by atoms with Gasteiger partial charge < -0.3 is 15.8 Å². The number of amidine groups is 1. The van der Waals surface area contributed by atoms with Gasteiger partial charge in [-0.25, -0.2) is 0 Å². The molecule has 0 aromatic heterocycles. The summed E-state index contributed by atoms with van der Waals surface area (Å²) >= 11 is 5.76. The second-order valence-corrected chi connectivity index (χ2v) is 4.55. The van der Waals surface area contributed by atoms with E-state index in [0.717, 1.165) is 0 Å². The van der Waals surface area contributed by atoms with Crippen molar-refractivity contribution in [3.8, 4) is 0 Å². The summed E-state index contributed by atoms with van der Waals surface area (Å²) in [5, 5.41) is 12.1. The first-order chi connectivity index (χ1) is 8.45. The highest BCUT2D eigenvalue weighted by molar-refractivity contribution is 6.30. The molecule has 6 heteroatoms. The maximum Gasteiger partial charge on any atom is 0.253 e. The van der Waals surface area contributed by atoms with Crippen LogP contribution in [-0.2, 0) is 0 Å². The molecule has 1 rings (SSSR count). The average molecular weight is 270 g/mol. The number of carbonyl (C=O) groups is 1. The van der Waals surface area contributed by atoms with E-state index in [-0.39, 0.29) is 17.7 Å². The minimum absolute atomic E-state index is 0.103. The molecule has 0 spiro atoms. The van der Waals surface area contributed by atoms with Gasteiger partial charge in [-0.1, -0.05) is 23.7 Å². The zero-order chi connectivity index (χ0) is 13.7. The zero-order valence-corrected chi connectivity index (χ0v) is 11.1. The van der Waals surface area contributed by atoms with Crippen LogP contribution < -0.4 is 5.73 Å². The molecular weight excluding hydrogens is 254 g/mol. The molecule has 1 atom stereocenters. The number of benzene rings is 1. The van der Waals surface area contributed by atoms with Crippen molar-refractivity contribution in [2.45, 2.75) is 6.92 Å². The van der Waals surface area contributed by atoms with E-state index in [4.69, 9.17) is 22.5 Å². The molecular formula is C12H16ClN3O2. The van der Waals surface area contributed by atoms with Crippen LogP contribution in [0.4, 0.5) is 0 Å². The summed E-state index contributed by atoms with van der Waals surface area (Å²) in [6.45, 7) is 2.15. The van der Waals surface area contributed by atoms with E-state index in [0.29, 0.717) is 17.1 Å². The first-order valence-electron chi connectivity index (χ1n) is 5.44. The van der Waals surface area contributed by atoms with Gasteiger partial charge in [-0.3, -0.25) is 4.79 Å². The zero-order valence-electron chi connectivity index (χ0n) is 10.3. The smallest absolute Gasteiger partial charge is 0.253 e. The molecule has 5 nitrogen and oxygen atoms in total. The Kier molecular flexibility index (Phi) is 4.97. The van der Waals surface area contributed by atoms with Crippen LogP contribution in [-0.4, -0.2) is 35.4 Å². The predicted molar refractivity (Wildman–Crippen MR) is 71.0 cm³/mol. The molecule has 0 aliphatic heterocycles. The van der Waals surface area contributed by atoms with Crippen molar-refractivity contribution < 1.29 is 10.0 Å². The van der Waals surface area contributed by atoms with Crippen LogP contribution >= 0.6 is 11.6 Å². The highest BCUT2D eigenvalue weighted by Crippen LogP contribution is 2.11. The topological polar surface area (TPSA) is 78.9 Å². The van der Waals surface area contributed by atoms with Crippen molar-refractivity contribution in [2.75, 3.05) is 13.6 Å². The summed E-state index contributed by atoms with van der Waals surface area (Å²) < 4.78 is 0. The molecule has 98 valence electrons. The van der Waals surface area contributed by atoms with Crippen LogP contribution in [0, 0.1) is 5.92 Å². The summed E-state index contributed by atoms with van der Waals surface area (Å²) in [5.74, 6) is -0.244. The Balaban J connectivity index is 2.70. The lowest BCUT2D eigenvalue weighted by atomic mass is 10.1. The molecule has 0 saturated heterocycles. The highest BCUT2D eigenvalue weighted by Gasteiger charge is 2.16. The molecule has 1 aromatic rings. The Labute approximate surface area is 111 Å². The standard InChI is InChI=1S/C12H16ClN3O2/c1-8(11(14)15-18)7-16(2)12(17)9-3-5-10(13)6-4-9/h3-6,8,18H,7H2,1-2H3,(H2,14,15). The molecule has 0 heterocycles. The van der Waals surface area contributed by atoms with Crippen molar-refractivity contribution in [2.24, 2.45) is 16.8 Å². The lowest BCUT2D eigenvalue weighted by Crippen LogP contribution is -2.36. The molecule has 1 aromatic carbocycles. The van der Waals surface area contributed by atoms with Gasteiger partial charge in [-0.15, -0.1) is 0 Å². The van der Waals surface area contributed by atoms with Crippen LogP contribution in [0.5, 0.6) is 0 Å². The van der Waals surface area contributed by atoms with E-state index in [9.17, 15) is 4.79 Å². The van der Waals surface area contributed by atoms with Crippen molar-refractivity contribution in [1.82, 2.24) is 4.90 Å². The van der Waals surface area contributed by atoms with Crippen molar-refractivity contribution >= 4 is 23.3 Å². The summed E-state index contributed by atoms with van der Waals surface area (Å²) in [6.07, 6.45) is 0. The molecule has 18 heavy (non-hydrogen) atoms. The van der Waals surface area contributed by atoms with Crippen LogP contribution in [0.15, 0.2) is 29.4 Å². The van der Waals surface area contributed by atoms with Crippen molar-refractivity contribution in [3.05, 3.63) is 34.9 Å². The number of oxime groups is 1. The fraction of sp³-hybridized carbons (Fsp3) is 0.333. The lowest BCUT2D eigenvalue weighted by molar-refractivity contribution is 0.0786. The molecule has 1 unspecified atom stereocenters. The molecule has 3 N–H and O–H groups in total. The third-order valence-electron chi connectivity index (χ3n) is 2.61. The van der Waals surface area contributed by atoms with Gasteiger partial charge >= 0.3 is 0 Å². The van der Waals surface area contributed by atoms with Gasteiger partial charge in [0, 0.05) is 30.1 Å². The number of nitrogens with two attached hydrogens (primary N) is 1. The Morgan fingerprint density at radius 2 is 2.06 bits per heavy atom. The van der Waals surface area contributed by atoms with Gasteiger partial charge in [0.25, 0.3) is 5.91 Å². The molecule has 0 fully saturated rings. The monoisotopic (exact) mass is 269 g/mol. The number of hydrogen-bond donors (Lipinski definition) is 2. The van der Waals surface area contributed by atoms with Gasteiger partial charge in [-0.05, 0) is 24.3 Å². The normalized spacial score (nSPS) is 13.2. The van der Waals surface area contributed by atoms with E-state index < -0.39 is 0 Å². The van der Waals surface area contributed by atoms with Crippen LogP contribution in [0.3, 0.4) is 0 Å². The Bertz CT molecular complexity index is 445. The number of carbonyl (C=O) groups excluding carboxylic acids is 1. The molecule has 0 radical (unpaired) electrons. The van der Waals surface area contributed by atoms with Crippen molar-refractivity contribution in [1.29, 1.82) is 0 Å². The Morgan fingerprint density at radius 1 is 1.50 bits per heavy atom. The van der Waals surface area contributed by atoms with Gasteiger partial charge in [0.15, 0.2) is 0 Å². The predicted octanol–water partition coefficient (Wildman–Crippen LogP) is 1.79. The number of hydrogen-bond acceptors (Lipinski definition) is 3. The first-order valence-corrected chi connectivity index (χ1v) is 5.82. The molecule has 1 amide bonds. The molecule has 0 aliphatic carbocycles. The van der Waals surface area contributed by atoms with Crippen LogP contribution in [0.1, 0.15) is 17.3 Å². The minimum Gasteiger partial charge on any atom is -0.409 e. The van der Waals surface area contributed by atoms with E-state index in [1.54, 1.807) is 38.2 Å². The van der Waals surface area contributed by atoms with Crippen LogP contribution in [0.2, 0.25) is 5.02 Å². The van der Waals surface area contributed by atoms with Gasteiger partial charge in [0.2, 0.25) is 0 Å². The fourth-order valence-corrected chi connectivity index (χ4v) is 1.62. The van der Waals surface area contributed by atoms with E-state index in [1.807, 2.05) is 0 Å². The highest BCUT2D eigenvalue weighted by atomic mass is 35.5. The molecule has 0 saturated carbocycles. The second-order valence-electron chi connectivity index (χ2n) is 4.12. The summed E-state index contributed by atoms with van der Waals surface area (Å²) in [5.41, 5.74) is 6.02. The maximum atomic E-state index is 12.0. The van der Waals surface area contributed by atoms with Gasteiger partial charge in [0.05, 0.1) is 0 Å². The average Bonchev–Trinajstić information content (AvgIpc) is 2.37. The maximum absolute atomic E-state index is 12.0. The SMILES string of the molecule is CC(CN(C)C(=O)c1ccc(Cl)cc1)/C(N)=N/O. The minimum atomic E-state index is -0.212. The first kappa shape index (κ1) is 14.3. The third-order valence-corrected chi connectivity index (χ3v) is 2.86. The van der Waals surface area contributed by atoms with Gasteiger partial charge in [-0.2, -0.15) is 0 Å². The fourth-order valence-electron chi connectivity index (χ4n) is 1.50. The van der Waals surface area contributed by atoms with Gasteiger partial charge in [0.1, 0.15) is 5.84 Å². The molecule has 0 aliphatic rings. The number of nitrogens with zero attached hydrogens (tertiary/aromatic N) is 2. The molecule has 0 bridgehead atoms. The lowest BCUT2D eigenvalue weighted by Gasteiger charge is -2.20.